The van der Waals surface area contributed by atoms with Crippen LogP contribution in [-0.4, -0.2) is 41.8 Å². The number of nitrogens with zero attached hydrogens (tertiary/aromatic N) is 1. The molecule has 2 N–H and O–H groups in total. The number of urea groups is 1. The third kappa shape index (κ3) is 5.56. The quantitative estimate of drug-likeness (QED) is 0.814. The number of nitrogens with one attached hydrogen (secondary N) is 1. The molecule has 0 aliphatic carbocycles. The monoisotopic (exact) mass is 308 g/mol. The van der Waals surface area contributed by atoms with Crippen LogP contribution in [0, 0.1) is 0 Å². The van der Waals surface area contributed by atoms with Gasteiger partial charge in [-0.3, -0.25) is 0 Å². The molecule has 0 fully saturated rings. The van der Waals surface area contributed by atoms with Crippen molar-refractivity contribution >= 4 is 6.03 Å². The van der Waals surface area contributed by atoms with Gasteiger partial charge in [-0.05, 0) is 44.9 Å². The molecule has 0 bridgehead atoms. The molecule has 1 aromatic rings. The molecule has 0 radical (unpaired) electrons. The van der Waals surface area contributed by atoms with Crippen molar-refractivity contribution in [1.82, 2.24) is 10.2 Å². The first-order chi connectivity index (χ1) is 10.3. The topological polar surface area (TPSA) is 61.8 Å². The zero-order valence-corrected chi connectivity index (χ0v) is 14.2. The van der Waals surface area contributed by atoms with Crippen LogP contribution in [0.25, 0.3) is 0 Å². The van der Waals surface area contributed by atoms with Crippen molar-refractivity contribution in [2.24, 2.45) is 0 Å². The Morgan fingerprint density at radius 1 is 1.32 bits per heavy atom. The highest BCUT2D eigenvalue weighted by atomic mass is 16.5. The number of amides is 2. The van der Waals surface area contributed by atoms with E-state index >= 15 is 0 Å². The minimum atomic E-state index is -0.908. The molecule has 0 saturated heterocycles. The highest BCUT2D eigenvalue weighted by Crippen LogP contribution is 2.20. The van der Waals surface area contributed by atoms with E-state index < -0.39 is 5.60 Å². The van der Waals surface area contributed by atoms with Gasteiger partial charge in [0.2, 0.25) is 0 Å². The third-order valence-electron chi connectivity index (χ3n) is 3.47. The van der Waals surface area contributed by atoms with E-state index in [1.165, 1.54) is 0 Å². The lowest BCUT2D eigenvalue weighted by atomic mass is 10.0. The Kier molecular flexibility index (Phi) is 6.68. The largest absolute Gasteiger partial charge is 0.497 e. The summed E-state index contributed by atoms with van der Waals surface area (Å²) >= 11 is 0. The number of hydrogen-bond acceptors (Lipinski definition) is 3. The van der Waals surface area contributed by atoms with Crippen LogP contribution in [0.3, 0.4) is 0 Å². The molecule has 5 heteroatoms. The van der Waals surface area contributed by atoms with Crippen molar-refractivity contribution in [1.29, 1.82) is 0 Å². The van der Waals surface area contributed by atoms with Gasteiger partial charge in [-0.2, -0.15) is 0 Å². The lowest BCUT2D eigenvalue weighted by molar-refractivity contribution is 0.0475. The zero-order valence-electron chi connectivity index (χ0n) is 14.2. The molecule has 5 nitrogen and oxygen atoms in total. The van der Waals surface area contributed by atoms with Crippen LogP contribution in [0.1, 0.15) is 45.7 Å². The van der Waals surface area contributed by atoms with Crippen LogP contribution in [-0.2, 0) is 0 Å². The van der Waals surface area contributed by atoms with Crippen molar-refractivity contribution in [3.8, 4) is 5.75 Å². The Balaban J connectivity index is 2.76. The second-order valence-electron chi connectivity index (χ2n) is 6.01. The first-order valence-corrected chi connectivity index (χ1v) is 7.72. The number of carbonyl (C=O) groups excluding carboxylic acids is 1. The van der Waals surface area contributed by atoms with Crippen molar-refractivity contribution in [2.45, 2.75) is 45.8 Å². The average molecular weight is 308 g/mol. The summed E-state index contributed by atoms with van der Waals surface area (Å²) in [6.07, 6.45) is 0.790. The summed E-state index contributed by atoms with van der Waals surface area (Å²) in [6, 6.07) is 7.47. The number of rotatable bonds is 7. The van der Waals surface area contributed by atoms with Gasteiger partial charge < -0.3 is 20.1 Å². The molecule has 1 aromatic carbocycles. The molecule has 1 unspecified atom stereocenters. The van der Waals surface area contributed by atoms with E-state index in [9.17, 15) is 9.90 Å². The molecule has 0 aliphatic rings. The molecule has 0 heterocycles. The van der Waals surface area contributed by atoms with Crippen molar-refractivity contribution in [3.63, 3.8) is 0 Å². The summed E-state index contributed by atoms with van der Waals surface area (Å²) < 4.78 is 5.15. The fraction of sp³-hybridized carbons (Fsp3) is 0.588. The molecule has 1 atom stereocenters. The molecule has 0 aromatic heterocycles. The summed E-state index contributed by atoms with van der Waals surface area (Å²) in [7, 11) is 1.63. The van der Waals surface area contributed by atoms with Gasteiger partial charge in [0.25, 0.3) is 0 Å². The van der Waals surface area contributed by atoms with Crippen LogP contribution in [0.5, 0.6) is 5.75 Å². The second kappa shape index (κ2) is 8.03. The predicted octanol–water partition coefficient (Wildman–Crippen LogP) is 2.95. The summed E-state index contributed by atoms with van der Waals surface area (Å²) in [4.78, 5) is 14.0. The third-order valence-corrected chi connectivity index (χ3v) is 3.47. The van der Waals surface area contributed by atoms with Gasteiger partial charge in [0.15, 0.2) is 0 Å². The minimum Gasteiger partial charge on any atom is -0.497 e. The Morgan fingerprint density at radius 2 is 1.91 bits per heavy atom. The van der Waals surface area contributed by atoms with E-state index in [0.29, 0.717) is 13.1 Å². The second-order valence-corrected chi connectivity index (χ2v) is 6.01. The van der Waals surface area contributed by atoms with E-state index in [1.54, 1.807) is 25.9 Å². The molecule has 1 rings (SSSR count). The van der Waals surface area contributed by atoms with Gasteiger partial charge in [0.1, 0.15) is 5.75 Å². The molecule has 0 aliphatic heterocycles. The number of likely N-dealkylation sites (N-methyl/N-ethyl adjacent to an activating group) is 1. The Labute approximate surface area is 133 Å². The maximum Gasteiger partial charge on any atom is 0.317 e. The van der Waals surface area contributed by atoms with Crippen molar-refractivity contribution in [3.05, 3.63) is 29.8 Å². The van der Waals surface area contributed by atoms with E-state index in [4.69, 9.17) is 4.74 Å². The molecule has 0 spiro atoms. The Bertz CT molecular complexity index is 466. The Morgan fingerprint density at radius 3 is 2.32 bits per heavy atom. The maximum absolute atomic E-state index is 12.4. The highest BCUT2D eigenvalue weighted by Gasteiger charge is 2.23. The lowest BCUT2D eigenvalue weighted by Gasteiger charge is -2.30. The normalized spacial score (nSPS) is 12.6. The number of hydrogen-bond donors (Lipinski definition) is 2. The first kappa shape index (κ1) is 18.3. The van der Waals surface area contributed by atoms with Crippen LogP contribution < -0.4 is 10.1 Å². The number of methoxy groups -OCH3 is 1. The average Bonchev–Trinajstić information content (AvgIpc) is 2.49. The molecular formula is C17H28N2O3. The standard InChI is InChI=1S/C17H28N2O3/c1-6-15(13-8-10-14(22-5)11-9-13)18-16(20)19(7-2)12-17(3,4)21/h8-11,15,21H,6-7,12H2,1-5H3,(H,18,20). The van der Waals surface area contributed by atoms with Gasteiger partial charge in [-0.1, -0.05) is 19.1 Å². The van der Waals surface area contributed by atoms with Crippen LogP contribution in [0.4, 0.5) is 4.79 Å². The van der Waals surface area contributed by atoms with Crippen molar-refractivity contribution in [2.75, 3.05) is 20.2 Å². The van der Waals surface area contributed by atoms with E-state index in [2.05, 4.69) is 5.32 Å². The first-order valence-electron chi connectivity index (χ1n) is 7.72. The Hall–Kier alpha value is -1.75. The van der Waals surface area contributed by atoms with E-state index in [1.807, 2.05) is 38.1 Å². The SMILES string of the molecule is CCC(NC(=O)N(CC)CC(C)(C)O)c1ccc(OC)cc1. The summed E-state index contributed by atoms with van der Waals surface area (Å²) in [5.74, 6) is 0.794. The fourth-order valence-electron chi connectivity index (χ4n) is 2.29. The number of carbonyl (C=O) groups is 1. The molecule has 22 heavy (non-hydrogen) atoms. The molecule has 124 valence electrons. The summed E-state index contributed by atoms with van der Waals surface area (Å²) in [6.45, 7) is 8.18. The number of ether oxygens (including phenoxy) is 1. The fourth-order valence-corrected chi connectivity index (χ4v) is 2.29. The van der Waals surface area contributed by atoms with Crippen molar-refractivity contribution < 1.29 is 14.6 Å². The van der Waals surface area contributed by atoms with Crippen LogP contribution in [0.2, 0.25) is 0 Å². The van der Waals surface area contributed by atoms with Gasteiger partial charge >= 0.3 is 6.03 Å². The highest BCUT2D eigenvalue weighted by molar-refractivity contribution is 5.74. The molecule has 0 saturated carbocycles. The number of aliphatic hydroxyl groups is 1. The molecular weight excluding hydrogens is 280 g/mol. The smallest absolute Gasteiger partial charge is 0.317 e. The van der Waals surface area contributed by atoms with Gasteiger partial charge in [-0.25, -0.2) is 4.79 Å². The van der Waals surface area contributed by atoms with E-state index in [0.717, 1.165) is 17.7 Å². The summed E-state index contributed by atoms with van der Waals surface area (Å²) in [5, 5.41) is 12.9. The maximum atomic E-state index is 12.4. The minimum absolute atomic E-state index is 0.0609. The summed E-state index contributed by atoms with van der Waals surface area (Å²) in [5.41, 5.74) is 0.130. The van der Waals surface area contributed by atoms with E-state index in [-0.39, 0.29) is 12.1 Å². The van der Waals surface area contributed by atoms with Gasteiger partial charge in [-0.15, -0.1) is 0 Å². The van der Waals surface area contributed by atoms with Gasteiger partial charge in [0.05, 0.1) is 25.3 Å². The van der Waals surface area contributed by atoms with Crippen LogP contribution in [0.15, 0.2) is 24.3 Å². The van der Waals surface area contributed by atoms with Gasteiger partial charge in [0, 0.05) is 6.54 Å². The molecule has 2 amide bonds. The zero-order chi connectivity index (χ0) is 16.8. The number of benzene rings is 1. The lowest BCUT2D eigenvalue weighted by Crippen LogP contribution is -2.47. The van der Waals surface area contributed by atoms with Crippen LogP contribution >= 0.6 is 0 Å². The predicted molar refractivity (Wildman–Crippen MR) is 88.1 cm³/mol.